The first-order chi connectivity index (χ1) is 15.0. The molecule has 4 rings (SSSR count). The number of aliphatic hydroxyl groups excluding tert-OH is 1. The number of pyridine rings is 1. The second kappa shape index (κ2) is 9.05. The molecule has 0 bridgehead atoms. The predicted octanol–water partition coefficient (Wildman–Crippen LogP) is 4.05. The van der Waals surface area contributed by atoms with Crippen molar-refractivity contribution in [1.29, 1.82) is 0 Å². The molecule has 2 aromatic heterocycles. The molecule has 1 aliphatic heterocycles. The summed E-state index contributed by atoms with van der Waals surface area (Å²) in [4.78, 5) is 17.8. The molecule has 3 aromatic rings. The molecular weight excluding hydrogens is 438 g/mol. The number of benzene rings is 1. The van der Waals surface area contributed by atoms with E-state index >= 15 is 0 Å². The first-order valence-corrected chi connectivity index (χ1v) is 10.5. The van der Waals surface area contributed by atoms with Crippen LogP contribution in [0.25, 0.3) is 11.3 Å². The second-order valence-electron chi connectivity index (χ2n) is 7.10. The minimum atomic E-state index is -1.04. The van der Waals surface area contributed by atoms with Crippen molar-refractivity contribution in [2.75, 3.05) is 13.2 Å². The molecule has 160 valence electrons. The van der Waals surface area contributed by atoms with Gasteiger partial charge in [-0.3, -0.25) is 4.98 Å². The fourth-order valence-electron chi connectivity index (χ4n) is 3.70. The number of aliphatic hydroxyl groups is 1. The summed E-state index contributed by atoms with van der Waals surface area (Å²) in [5.74, 6) is 0.0518. The van der Waals surface area contributed by atoms with Gasteiger partial charge in [-0.2, -0.15) is 0 Å². The van der Waals surface area contributed by atoms with Gasteiger partial charge in [0, 0.05) is 24.9 Å². The Morgan fingerprint density at radius 3 is 2.81 bits per heavy atom. The number of nitrogens with one attached hydrogen (secondary N) is 1. The van der Waals surface area contributed by atoms with Gasteiger partial charge in [-0.05, 0) is 61.1 Å². The summed E-state index contributed by atoms with van der Waals surface area (Å²) < 4.78 is 6.17. The van der Waals surface area contributed by atoms with Crippen molar-refractivity contribution in [2.45, 2.75) is 18.5 Å². The standard InChI is InChI=1S/C22H20ClN3O4S/c23-15-6-5-13(21(28)29)12-14(15)17-7-8-18(30-17)20-19(16-4-1-2-9-24-16)25-22(31)26(20)10-3-11-27/h1-2,4-9,12,19-20,27H,3,10-11H2,(H,25,31)(H,28,29)/t19-,20-/m0/s1. The van der Waals surface area contributed by atoms with Gasteiger partial charge in [0.05, 0.1) is 22.3 Å². The Balaban J connectivity index is 1.74. The van der Waals surface area contributed by atoms with E-state index in [0.29, 0.717) is 40.2 Å². The van der Waals surface area contributed by atoms with Crippen LogP contribution >= 0.6 is 23.8 Å². The van der Waals surface area contributed by atoms with Crippen LogP contribution in [0, 0.1) is 0 Å². The molecule has 3 heterocycles. The molecule has 0 spiro atoms. The fraction of sp³-hybridized carbons (Fsp3) is 0.227. The van der Waals surface area contributed by atoms with Crippen molar-refractivity contribution < 1.29 is 19.4 Å². The summed E-state index contributed by atoms with van der Waals surface area (Å²) in [6.45, 7) is 0.586. The van der Waals surface area contributed by atoms with E-state index in [1.807, 2.05) is 29.2 Å². The van der Waals surface area contributed by atoms with Crippen LogP contribution in [0.2, 0.25) is 5.02 Å². The van der Waals surface area contributed by atoms with E-state index < -0.39 is 5.97 Å². The third kappa shape index (κ3) is 4.27. The van der Waals surface area contributed by atoms with Gasteiger partial charge in [-0.1, -0.05) is 17.7 Å². The Morgan fingerprint density at radius 2 is 2.10 bits per heavy atom. The summed E-state index contributed by atoms with van der Waals surface area (Å²) in [7, 11) is 0. The second-order valence-corrected chi connectivity index (χ2v) is 7.89. The number of aromatic carboxylic acids is 1. The van der Waals surface area contributed by atoms with Gasteiger partial charge in [-0.15, -0.1) is 0 Å². The summed E-state index contributed by atoms with van der Waals surface area (Å²) >= 11 is 11.9. The quantitative estimate of drug-likeness (QED) is 0.457. The molecule has 7 nitrogen and oxygen atoms in total. The molecule has 0 radical (unpaired) electrons. The maximum absolute atomic E-state index is 11.4. The van der Waals surface area contributed by atoms with Crippen LogP contribution in [0.4, 0.5) is 0 Å². The Morgan fingerprint density at radius 1 is 1.26 bits per heavy atom. The monoisotopic (exact) mass is 457 g/mol. The highest BCUT2D eigenvalue weighted by atomic mass is 35.5. The number of aromatic nitrogens is 1. The van der Waals surface area contributed by atoms with E-state index in [9.17, 15) is 15.0 Å². The largest absolute Gasteiger partial charge is 0.478 e. The molecule has 2 atom stereocenters. The van der Waals surface area contributed by atoms with Gasteiger partial charge in [0.25, 0.3) is 0 Å². The Labute approximate surface area is 189 Å². The van der Waals surface area contributed by atoms with Crippen LogP contribution in [-0.2, 0) is 0 Å². The lowest BCUT2D eigenvalue weighted by Gasteiger charge is -2.25. The summed E-state index contributed by atoms with van der Waals surface area (Å²) in [5, 5.41) is 22.9. The predicted molar refractivity (Wildman–Crippen MR) is 120 cm³/mol. The number of nitrogens with zero attached hydrogens (tertiary/aromatic N) is 2. The highest BCUT2D eigenvalue weighted by molar-refractivity contribution is 7.80. The van der Waals surface area contributed by atoms with Crippen LogP contribution < -0.4 is 5.32 Å². The van der Waals surface area contributed by atoms with Gasteiger partial charge in [0.1, 0.15) is 17.6 Å². The molecule has 31 heavy (non-hydrogen) atoms. The van der Waals surface area contributed by atoms with Crippen molar-refractivity contribution in [3.63, 3.8) is 0 Å². The lowest BCUT2D eigenvalue weighted by molar-refractivity contribution is 0.0697. The Kier molecular flexibility index (Phi) is 6.22. The highest BCUT2D eigenvalue weighted by Gasteiger charge is 2.41. The number of carboxylic acids is 1. The molecule has 0 saturated carbocycles. The molecule has 9 heteroatoms. The molecule has 3 N–H and O–H groups in total. The van der Waals surface area contributed by atoms with E-state index in [0.717, 1.165) is 5.69 Å². The lowest BCUT2D eigenvalue weighted by atomic mass is 10.0. The third-order valence-electron chi connectivity index (χ3n) is 5.15. The van der Waals surface area contributed by atoms with Gasteiger partial charge >= 0.3 is 5.97 Å². The van der Waals surface area contributed by atoms with Crippen molar-refractivity contribution in [1.82, 2.24) is 15.2 Å². The van der Waals surface area contributed by atoms with Gasteiger partial charge < -0.3 is 24.8 Å². The molecular formula is C22H20ClN3O4S. The van der Waals surface area contributed by atoms with E-state index in [2.05, 4.69) is 10.3 Å². The number of halogens is 1. The first-order valence-electron chi connectivity index (χ1n) is 9.71. The minimum absolute atomic E-state index is 0.0427. The van der Waals surface area contributed by atoms with Crippen LogP contribution in [-0.4, -0.2) is 44.3 Å². The zero-order valence-corrected chi connectivity index (χ0v) is 17.9. The van der Waals surface area contributed by atoms with Crippen molar-refractivity contribution in [3.8, 4) is 11.3 Å². The number of thiocarbonyl (C=S) groups is 1. The first kappa shape index (κ1) is 21.3. The van der Waals surface area contributed by atoms with Gasteiger partial charge in [0.2, 0.25) is 0 Å². The van der Waals surface area contributed by atoms with E-state index in [-0.39, 0.29) is 24.3 Å². The number of rotatable bonds is 7. The van der Waals surface area contributed by atoms with E-state index in [1.165, 1.54) is 12.1 Å². The summed E-state index contributed by atoms with van der Waals surface area (Å²) in [5.41, 5.74) is 1.43. The van der Waals surface area contributed by atoms with Gasteiger partial charge in [-0.25, -0.2) is 4.79 Å². The number of hydrogen-bond donors (Lipinski definition) is 3. The SMILES string of the molecule is O=C(O)c1ccc(Cl)c(-c2ccc([C@H]3[C@H](c4ccccn4)NC(=S)N3CCCO)o2)c1. The topological polar surface area (TPSA) is 98.8 Å². The van der Waals surface area contributed by atoms with Crippen molar-refractivity contribution >= 4 is 34.9 Å². The van der Waals surface area contributed by atoms with Crippen molar-refractivity contribution in [3.05, 3.63) is 76.8 Å². The Bertz CT molecular complexity index is 1110. The van der Waals surface area contributed by atoms with Gasteiger partial charge in [0.15, 0.2) is 5.11 Å². The van der Waals surface area contributed by atoms with E-state index in [4.69, 9.17) is 28.2 Å². The molecule has 0 unspecified atom stereocenters. The highest BCUT2D eigenvalue weighted by Crippen LogP contribution is 2.41. The average Bonchev–Trinajstić information content (AvgIpc) is 3.37. The Hall–Kier alpha value is -2.94. The molecule has 1 aromatic carbocycles. The maximum atomic E-state index is 11.4. The van der Waals surface area contributed by atoms with E-state index in [1.54, 1.807) is 18.3 Å². The zero-order valence-electron chi connectivity index (χ0n) is 16.4. The fourth-order valence-corrected chi connectivity index (χ4v) is 4.24. The van der Waals surface area contributed by atoms with Crippen LogP contribution in [0.3, 0.4) is 0 Å². The maximum Gasteiger partial charge on any atom is 0.335 e. The zero-order chi connectivity index (χ0) is 22.0. The smallest absolute Gasteiger partial charge is 0.335 e. The summed E-state index contributed by atoms with van der Waals surface area (Å²) in [6, 6.07) is 13.2. The molecule has 1 fully saturated rings. The average molecular weight is 458 g/mol. The molecule has 0 amide bonds. The van der Waals surface area contributed by atoms with Crippen LogP contribution in [0.15, 0.2) is 59.1 Å². The third-order valence-corrected chi connectivity index (χ3v) is 5.83. The van der Waals surface area contributed by atoms with Crippen LogP contribution in [0.1, 0.15) is 40.3 Å². The number of carboxylic acid groups (broad SMARTS) is 1. The lowest BCUT2D eigenvalue weighted by Crippen LogP contribution is -2.30. The number of hydrogen-bond acceptors (Lipinski definition) is 5. The number of furan rings is 1. The van der Waals surface area contributed by atoms with Crippen LogP contribution in [0.5, 0.6) is 0 Å². The molecule has 1 saturated heterocycles. The minimum Gasteiger partial charge on any atom is -0.478 e. The van der Waals surface area contributed by atoms with Crippen molar-refractivity contribution in [2.24, 2.45) is 0 Å². The normalized spacial score (nSPS) is 18.3. The molecule has 1 aliphatic rings. The molecule has 0 aliphatic carbocycles. The summed E-state index contributed by atoms with van der Waals surface area (Å²) in [6.07, 6.45) is 2.27. The number of carbonyl (C=O) groups is 1.